The summed E-state index contributed by atoms with van der Waals surface area (Å²) < 4.78 is 10.5. The first-order chi connectivity index (χ1) is 13.5. The molecule has 2 saturated heterocycles. The molecular formula is C21H25N3O4. The van der Waals surface area contributed by atoms with Gasteiger partial charge in [0.05, 0.1) is 6.61 Å². The average molecular weight is 383 g/mol. The highest BCUT2D eigenvalue weighted by Crippen LogP contribution is 2.38. The Kier molecular flexibility index (Phi) is 4.91. The fourth-order valence-electron chi connectivity index (χ4n) is 4.10. The number of benzene rings is 1. The Labute approximate surface area is 164 Å². The lowest BCUT2D eigenvalue weighted by Gasteiger charge is -2.31. The summed E-state index contributed by atoms with van der Waals surface area (Å²) in [5, 5.41) is 4.03. The van der Waals surface area contributed by atoms with Gasteiger partial charge >= 0.3 is 5.97 Å². The fourth-order valence-corrected chi connectivity index (χ4v) is 4.10. The summed E-state index contributed by atoms with van der Waals surface area (Å²) in [4.78, 5) is 31.0. The molecule has 7 nitrogen and oxygen atoms in total. The first kappa shape index (κ1) is 18.7. The minimum absolute atomic E-state index is 0.0580. The van der Waals surface area contributed by atoms with Crippen LogP contribution < -0.4 is 0 Å². The van der Waals surface area contributed by atoms with Crippen molar-refractivity contribution in [2.24, 2.45) is 0 Å². The molecule has 0 N–H and O–H groups in total. The third-order valence-corrected chi connectivity index (χ3v) is 5.77. The predicted octanol–water partition coefficient (Wildman–Crippen LogP) is 3.10. The molecule has 0 saturated carbocycles. The summed E-state index contributed by atoms with van der Waals surface area (Å²) in [7, 11) is 0. The molecule has 7 heteroatoms. The molecule has 1 aromatic carbocycles. The zero-order valence-corrected chi connectivity index (χ0v) is 16.3. The van der Waals surface area contributed by atoms with Gasteiger partial charge in [-0.3, -0.25) is 4.79 Å². The second-order valence-corrected chi connectivity index (χ2v) is 7.85. The van der Waals surface area contributed by atoms with Crippen LogP contribution in [-0.4, -0.2) is 45.6 Å². The van der Waals surface area contributed by atoms with Crippen LogP contribution in [0.2, 0.25) is 0 Å². The van der Waals surface area contributed by atoms with Gasteiger partial charge < -0.3 is 14.2 Å². The molecule has 0 bridgehead atoms. The van der Waals surface area contributed by atoms with E-state index in [1.54, 1.807) is 4.90 Å². The average Bonchev–Trinajstić information content (AvgIpc) is 3.42. The van der Waals surface area contributed by atoms with E-state index in [0.717, 1.165) is 12.0 Å². The summed E-state index contributed by atoms with van der Waals surface area (Å²) in [6, 6.07) is 8.09. The molecular weight excluding hydrogens is 358 g/mol. The van der Waals surface area contributed by atoms with Crippen molar-refractivity contribution in [3.8, 4) is 11.4 Å². The van der Waals surface area contributed by atoms with Gasteiger partial charge in [-0.05, 0) is 24.3 Å². The number of carbonyl (C=O) groups is 2. The molecule has 0 aliphatic carbocycles. The van der Waals surface area contributed by atoms with E-state index in [4.69, 9.17) is 9.26 Å². The largest absolute Gasteiger partial charge is 0.464 e. The van der Waals surface area contributed by atoms with E-state index in [1.165, 1.54) is 5.56 Å². The Bertz CT molecular complexity index is 870. The Morgan fingerprint density at radius 2 is 2.04 bits per heavy atom. The standard InChI is InChI=1S/C21H25N3O4/c1-14(2)15-4-6-16(7-5-15)19-22-17(28-23-19)8-9-18(25)24-12-3-10-21(24)11-13-27-20(21)26/h4-7,14H,3,8-13H2,1-2H3/t21-/m1/s1. The van der Waals surface area contributed by atoms with Crippen molar-refractivity contribution < 1.29 is 18.8 Å². The van der Waals surface area contributed by atoms with Gasteiger partial charge in [-0.2, -0.15) is 4.98 Å². The van der Waals surface area contributed by atoms with Gasteiger partial charge in [0.2, 0.25) is 17.6 Å². The lowest BCUT2D eigenvalue weighted by atomic mass is 9.94. The summed E-state index contributed by atoms with van der Waals surface area (Å²) >= 11 is 0. The maximum Gasteiger partial charge on any atom is 0.332 e. The lowest BCUT2D eigenvalue weighted by molar-refractivity contribution is -0.152. The zero-order chi connectivity index (χ0) is 19.7. The van der Waals surface area contributed by atoms with Gasteiger partial charge in [0, 0.05) is 31.4 Å². The van der Waals surface area contributed by atoms with Crippen LogP contribution in [0.5, 0.6) is 0 Å². The minimum Gasteiger partial charge on any atom is -0.464 e. The molecule has 4 rings (SSSR count). The number of ether oxygens (including phenoxy) is 1. The lowest BCUT2D eigenvalue weighted by Crippen LogP contribution is -2.50. The third-order valence-electron chi connectivity index (χ3n) is 5.77. The van der Waals surface area contributed by atoms with Crippen molar-refractivity contribution >= 4 is 11.9 Å². The van der Waals surface area contributed by atoms with Gasteiger partial charge in [-0.1, -0.05) is 43.3 Å². The number of carbonyl (C=O) groups excluding carboxylic acids is 2. The van der Waals surface area contributed by atoms with Crippen LogP contribution in [0.15, 0.2) is 28.8 Å². The Morgan fingerprint density at radius 3 is 2.71 bits per heavy atom. The summed E-state index contributed by atoms with van der Waals surface area (Å²) in [5.74, 6) is 1.10. The molecule has 28 heavy (non-hydrogen) atoms. The zero-order valence-electron chi connectivity index (χ0n) is 16.3. The second kappa shape index (κ2) is 7.37. The summed E-state index contributed by atoms with van der Waals surface area (Å²) in [6.07, 6.45) is 2.71. The topological polar surface area (TPSA) is 85.5 Å². The number of amides is 1. The molecule has 2 aliphatic rings. The number of hydrogen-bond donors (Lipinski definition) is 0. The number of aryl methyl sites for hydroxylation is 1. The number of rotatable bonds is 5. The van der Waals surface area contributed by atoms with Crippen molar-refractivity contribution in [3.63, 3.8) is 0 Å². The molecule has 1 spiro atoms. The van der Waals surface area contributed by atoms with Crippen LogP contribution >= 0.6 is 0 Å². The quantitative estimate of drug-likeness (QED) is 0.738. The first-order valence-corrected chi connectivity index (χ1v) is 9.90. The molecule has 1 amide bonds. The van der Waals surface area contributed by atoms with Crippen LogP contribution in [-0.2, 0) is 20.7 Å². The van der Waals surface area contributed by atoms with E-state index in [2.05, 4.69) is 36.1 Å². The van der Waals surface area contributed by atoms with E-state index in [0.29, 0.717) is 50.0 Å². The molecule has 1 aromatic heterocycles. The van der Waals surface area contributed by atoms with E-state index >= 15 is 0 Å². The maximum absolute atomic E-state index is 12.7. The molecule has 2 fully saturated rings. The molecule has 148 valence electrons. The summed E-state index contributed by atoms with van der Waals surface area (Å²) in [5.41, 5.74) is 1.40. The summed E-state index contributed by atoms with van der Waals surface area (Å²) in [6.45, 7) is 5.29. The molecule has 1 atom stereocenters. The number of cyclic esters (lactones) is 1. The normalized spacial score (nSPS) is 21.7. The molecule has 0 unspecified atom stereocenters. The molecule has 3 heterocycles. The van der Waals surface area contributed by atoms with Gasteiger partial charge in [-0.15, -0.1) is 0 Å². The molecule has 2 aromatic rings. The van der Waals surface area contributed by atoms with Crippen molar-refractivity contribution in [2.75, 3.05) is 13.2 Å². The first-order valence-electron chi connectivity index (χ1n) is 9.90. The molecule has 2 aliphatic heterocycles. The van der Waals surface area contributed by atoms with Gasteiger partial charge in [0.15, 0.2) is 0 Å². The van der Waals surface area contributed by atoms with Gasteiger partial charge in [0.1, 0.15) is 5.54 Å². The van der Waals surface area contributed by atoms with E-state index in [9.17, 15) is 9.59 Å². The van der Waals surface area contributed by atoms with Crippen LogP contribution in [0.4, 0.5) is 0 Å². The SMILES string of the molecule is CC(C)c1ccc(-c2noc(CCC(=O)N3CCC[C@]34CCOC4=O)n2)cc1. The Hall–Kier alpha value is -2.70. The van der Waals surface area contributed by atoms with Crippen LogP contribution in [0.3, 0.4) is 0 Å². The number of hydrogen-bond acceptors (Lipinski definition) is 6. The van der Waals surface area contributed by atoms with Crippen LogP contribution in [0, 0.1) is 0 Å². The van der Waals surface area contributed by atoms with Crippen molar-refractivity contribution in [1.82, 2.24) is 15.0 Å². The van der Waals surface area contributed by atoms with E-state index in [-0.39, 0.29) is 18.3 Å². The van der Waals surface area contributed by atoms with Gasteiger partial charge in [-0.25, -0.2) is 4.79 Å². The maximum atomic E-state index is 12.7. The second-order valence-electron chi connectivity index (χ2n) is 7.85. The monoisotopic (exact) mass is 383 g/mol. The Balaban J connectivity index is 1.39. The number of likely N-dealkylation sites (tertiary alicyclic amines) is 1. The van der Waals surface area contributed by atoms with Crippen molar-refractivity contribution in [3.05, 3.63) is 35.7 Å². The van der Waals surface area contributed by atoms with Crippen LogP contribution in [0.1, 0.15) is 56.9 Å². The van der Waals surface area contributed by atoms with E-state index < -0.39 is 5.54 Å². The highest BCUT2D eigenvalue weighted by Gasteiger charge is 2.53. The van der Waals surface area contributed by atoms with Gasteiger partial charge in [0.25, 0.3) is 0 Å². The minimum atomic E-state index is -0.741. The number of esters is 1. The smallest absolute Gasteiger partial charge is 0.332 e. The number of aromatic nitrogens is 2. The van der Waals surface area contributed by atoms with Crippen LogP contribution in [0.25, 0.3) is 11.4 Å². The third kappa shape index (κ3) is 3.30. The highest BCUT2D eigenvalue weighted by atomic mass is 16.5. The highest BCUT2D eigenvalue weighted by molar-refractivity contribution is 5.90. The fraction of sp³-hybridized carbons (Fsp3) is 0.524. The van der Waals surface area contributed by atoms with Crippen molar-refractivity contribution in [2.45, 2.75) is 57.4 Å². The molecule has 0 radical (unpaired) electrons. The predicted molar refractivity (Wildman–Crippen MR) is 101 cm³/mol. The number of nitrogens with zero attached hydrogens (tertiary/aromatic N) is 3. The van der Waals surface area contributed by atoms with Crippen molar-refractivity contribution in [1.29, 1.82) is 0 Å². The van der Waals surface area contributed by atoms with E-state index in [1.807, 2.05) is 12.1 Å². The Morgan fingerprint density at radius 1 is 1.25 bits per heavy atom.